The van der Waals surface area contributed by atoms with Gasteiger partial charge in [0, 0.05) is 23.8 Å². The van der Waals surface area contributed by atoms with Crippen LogP contribution in [0.4, 0.5) is 0 Å². The summed E-state index contributed by atoms with van der Waals surface area (Å²) in [7, 11) is 2.03. The fourth-order valence-corrected chi connectivity index (χ4v) is 2.32. The number of nitrogens with two attached hydrogens (primary N) is 1. The van der Waals surface area contributed by atoms with E-state index in [4.69, 9.17) is 5.73 Å². The zero-order chi connectivity index (χ0) is 10.7. The van der Waals surface area contributed by atoms with Gasteiger partial charge in [-0.2, -0.15) is 0 Å². The van der Waals surface area contributed by atoms with Crippen LogP contribution >= 0.6 is 11.3 Å². The van der Waals surface area contributed by atoms with Crippen molar-refractivity contribution in [2.24, 2.45) is 12.8 Å². The predicted molar refractivity (Wildman–Crippen MR) is 62.8 cm³/mol. The van der Waals surface area contributed by atoms with Crippen molar-refractivity contribution >= 4 is 11.3 Å². The van der Waals surface area contributed by atoms with Crippen LogP contribution in [0.5, 0.6) is 0 Å². The molecule has 0 radical (unpaired) electrons. The molecule has 2 N–H and O–H groups in total. The highest BCUT2D eigenvalue weighted by Crippen LogP contribution is 2.13. The van der Waals surface area contributed by atoms with Gasteiger partial charge in [-0.3, -0.25) is 0 Å². The Hall–Kier alpha value is -1.13. The quantitative estimate of drug-likeness (QED) is 0.854. The standard InChI is InChI=1S/C11H15N3S/c1-14-9(8-13-11(14)7-12)4-5-10-3-2-6-15-10/h2-3,6,8H,4-5,7,12H2,1H3. The first kappa shape index (κ1) is 10.4. The van der Waals surface area contributed by atoms with Gasteiger partial charge in [0.1, 0.15) is 5.82 Å². The number of thiophene rings is 1. The van der Waals surface area contributed by atoms with E-state index >= 15 is 0 Å². The molecule has 80 valence electrons. The summed E-state index contributed by atoms with van der Waals surface area (Å²) in [6, 6.07) is 4.26. The van der Waals surface area contributed by atoms with Gasteiger partial charge >= 0.3 is 0 Å². The van der Waals surface area contributed by atoms with Gasteiger partial charge in [-0.25, -0.2) is 4.98 Å². The van der Waals surface area contributed by atoms with Crippen molar-refractivity contribution in [1.82, 2.24) is 9.55 Å². The Balaban J connectivity index is 2.02. The molecule has 0 spiro atoms. The Bertz CT molecular complexity index is 417. The summed E-state index contributed by atoms with van der Waals surface area (Å²) in [6.07, 6.45) is 4.04. The summed E-state index contributed by atoms with van der Waals surface area (Å²) >= 11 is 1.81. The van der Waals surface area contributed by atoms with E-state index in [1.165, 1.54) is 10.6 Å². The second-order valence-electron chi connectivity index (χ2n) is 3.51. The van der Waals surface area contributed by atoms with Crippen LogP contribution in [0.1, 0.15) is 16.4 Å². The monoisotopic (exact) mass is 221 g/mol. The molecular formula is C11H15N3S. The van der Waals surface area contributed by atoms with Crippen LogP contribution in [0.25, 0.3) is 0 Å². The molecule has 0 aromatic carbocycles. The Morgan fingerprint density at radius 3 is 2.93 bits per heavy atom. The van der Waals surface area contributed by atoms with E-state index in [9.17, 15) is 0 Å². The molecule has 0 aliphatic rings. The maximum atomic E-state index is 5.57. The van der Waals surface area contributed by atoms with Crippen molar-refractivity contribution in [1.29, 1.82) is 0 Å². The third-order valence-electron chi connectivity index (χ3n) is 2.57. The topological polar surface area (TPSA) is 43.8 Å². The molecule has 0 bridgehead atoms. The maximum Gasteiger partial charge on any atom is 0.122 e. The van der Waals surface area contributed by atoms with Gasteiger partial charge < -0.3 is 10.3 Å². The van der Waals surface area contributed by atoms with Gasteiger partial charge in [0.15, 0.2) is 0 Å². The summed E-state index contributed by atoms with van der Waals surface area (Å²) < 4.78 is 2.09. The van der Waals surface area contributed by atoms with E-state index in [1.807, 2.05) is 13.2 Å². The van der Waals surface area contributed by atoms with Gasteiger partial charge in [0.25, 0.3) is 0 Å². The Kier molecular flexibility index (Phi) is 3.18. The highest BCUT2D eigenvalue weighted by atomic mass is 32.1. The Morgan fingerprint density at radius 1 is 1.47 bits per heavy atom. The van der Waals surface area contributed by atoms with Gasteiger partial charge in [0.2, 0.25) is 0 Å². The molecule has 2 aromatic rings. The van der Waals surface area contributed by atoms with Crippen molar-refractivity contribution in [2.75, 3.05) is 0 Å². The van der Waals surface area contributed by atoms with Gasteiger partial charge in [0.05, 0.1) is 6.54 Å². The van der Waals surface area contributed by atoms with Crippen LogP contribution in [0.3, 0.4) is 0 Å². The van der Waals surface area contributed by atoms with E-state index in [-0.39, 0.29) is 0 Å². The summed E-state index contributed by atoms with van der Waals surface area (Å²) in [5.74, 6) is 0.955. The maximum absolute atomic E-state index is 5.57. The van der Waals surface area contributed by atoms with Crippen LogP contribution < -0.4 is 5.73 Å². The summed E-state index contributed by atoms with van der Waals surface area (Å²) in [6.45, 7) is 0.509. The van der Waals surface area contributed by atoms with Crippen molar-refractivity contribution in [2.45, 2.75) is 19.4 Å². The number of imidazole rings is 1. The lowest BCUT2D eigenvalue weighted by Gasteiger charge is -2.03. The lowest BCUT2D eigenvalue weighted by atomic mass is 10.2. The highest BCUT2D eigenvalue weighted by molar-refractivity contribution is 7.09. The lowest BCUT2D eigenvalue weighted by Crippen LogP contribution is -2.07. The fourth-order valence-electron chi connectivity index (χ4n) is 1.62. The minimum atomic E-state index is 0.509. The molecule has 0 atom stereocenters. The first-order valence-corrected chi connectivity index (χ1v) is 5.91. The second kappa shape index (κ2) is 4.59. The van der Waals surface area contributed by atoms with Gasteiger partial charge in [-0.15, -0.1) is 11.3 Å². The number of aromatic nitrogens is 2. The van der Waals surface area contributed by atoms with E-state index < -0.39 is 0 Å². The van der Waals surface area contributed by atoms with Gasteiger partial charge in [-0.05, 0) is 24.3 Å². The zero-order valence-corrected chi connectivity index (χ0v) is 9.63. The van der Waals surface area contributed by atoms with E-state index in [0.29, 0.717) is 6.54 Å². The lowest BCUT2D eigenvalue weighted by molar-refractivity contribution is 0.741. The normalized spacial score (nSPS) is 10.8. The molecule has 2 aromatic heterocycles. The predicted octanol–water partition coefficient (Wildman–Crippen LogP) is 1.73. The molecule has 15 heavy (non-hydrogen) atoms. The summed E-state index contributed by atoms with van der Waals surface area (Å²) in [4.78, 5) is 5.70. The van der Waals surface area contributed by atoms with Crippen molar-refractivity contribution < 1.29 is 0 Å². The SMILES string of the molecule is Cn1c(CCc2cccs2)cnc1CN. The van der Waals surface area contributed by atoms with E-state index in [2.05, 4.69) is 27.1 Å². The smallest absolute Gasteiger partial charge is 0.122 e. The largest absolute Gasteiger partial charge is 0.334 e. The van der Waals surface area contributed by atoms with Crippen molar-refractivity contribution in [3.8, 4) is 0 Å². The molecule has 0 fully saturated rings. The first-order valence-electron chi connectivity index (χ1n) is 5.03. The van der Waals surface area contributed by atoms with E-state index in [0.717, 1.165) is 18.7 Å². The van der Waals surface area contributed by atoms with Crippen molar-refractivity contribution in [3.05, 3.63) is 40.1 Å². The molecule has 0 aliphatic carbocycles. The molecule has 0 amide bonds. The molecule has 3 nitrogen and oxygen atoms in total. The molecule has 0 saturated carbocycles. The zero-order valence-electron chi connectivity index (χ0n) is 8.81. The number of hydrogen-bond donors (Lipinski definition) is 1. The fraction of sp³-hybridized carbons (Fsp3) is 0.364. The summed E-state index contributed by atoms with van der Waals surface area (Å²) in [5, 5.41) is 2.11. The number of hydrogen-bond acceptors (Lipinski definition) is 3. The average Bonchev–Trinajstić information content (AvgIpc) is 2.85. The van der Waals surface area contributed by atoms with Crippen LogP contribution in [0.2, 0.25) is 0 Å². The molecule has 4 heteroatoms. The molecule has 2 rings (SSSR count). The first-order chi connectivity index (χ1) is 7.31. The van der Waals surface area contributed by atoms with Gasteiger partial charge in [-0.1, -0.05) is 6.07 Å². The number of aryl methyl sites for hydroxylation is 2. The van der Waals surface area contributed by atoms with E-state index in [1.54, 1.807) is 11.3 Å². The minimum absolute atomic E-state index is 0.509. The highest BCUT2D eigenvalue weighted by Gasteiger charge is 2.05. The number of rotatable bonds is 4. The van der Waals surface area contributed by atoms with Crippen molar-refractivity contribution in [3.63, 3.8) is 0 Å². The minimum Gasteiger partial charge on any atom is -0.334 e. The second-order valence-corrected chi connectivity index (χ2v) is 4.54. The average molecular weight is 221 g/mol. The molecular weight excluding hydrogens is 206 g/mol. The molecule has 0 aliphatic heterocycles. The Morgan fingerprint density at radius 2 is 2.33 bits per heavy atom. The van der Waals surface area contributed by atoms with Crippen LogP contribution in [-0.2, 0) is 26.4 Å². The third-order valence-corrected chi connectivity index (χ3v) is 3.51. The third kappa shape index (κ3) is 2.27. The van der Waals surface area contributed by atoms with Crippen LogP contribution in [-0.4, -0.2) is 9.55 Å². The molecule has 0 unspecified atom stereocenters. The number of nitrogens with zero attached hydrogens (tertiary/aromatic N) is 2. The van der Waals surface area contributed by atoms with Crippen LogP contribution in [0.15, 0.2) is 23.7 Å². The summed E-state index contributed by atoms with van der Waals surface area (Å²) in [5.41, 5.74) is 6.83. The molecule has 2 heterocycles. The molecule has 0 saturated heterocycles. The Labute approximate surface area is 93.6 Å². The van der Waals surface area contributed by atoms with Crippen LogP contribution in [0, 0.1) is 0 Å².